The van der Waals surface area contributed by atoms with Gasteiger partial charge in [0.15, 0.2) is 0 Å². The quantitative estimate of drug-likeness (QED) is 0.130. The van der Waals surface area contributed by atoms with Crippen LogP contribution in [0, 0.1) is 6.92 Å². The first-order valence-corrected chi connectivity index (χ1v) is 21.4. The van der Waals surface area contributed by atoms with Crippen molar-refractivity contribution in [2.75, 3.05) is 0 Å². The van der Waals surface area contributed by atoms with E-state index in [9.17, 15) is 0 Å². The summed E-state index contributed by atoms with van der Waals surface area (Å²) in [5.41, 5.74) is 16.9. The van der Waals surface area contributed by atoms with Crippen LogP contribution in [0.3, 0.4) is 0 Å². The van der Waals surface area contributed by atoms with Crippen LogP contribution in [0.1, 0.15) is 27.8 Å². The third-order valence-corrected chi connectivity index (χ3v) is 13.5. The summed E-state index contributed by atoms with van der Waals surface area (Å²) in [5, 5.41) is 5.44. The lowest BCUT2D eigenvalue weighted by atomic mass is 9.91. The van der Waals surface area contributed by atoms with E-state index >= 15 is 0 Å². The van der Waals surface area contributed by atoms with Crippen molar-refractivity contribution < 1.29 is 0 Å². The van der Waals surface area contributed by atoms with Gasteiger partial charge in [-0.3, -0.25) is 0 Å². The van der Waals surface area contributed by atoms with E-state index in [1.165, 1.54) is 110 Å². The molecule has 0 saturated heterocycles. The Morgan fingerprint density at radius 2 is 0.684 bits per heavy atom. The molecule has 2 heterocycles. The lowest BCUT2D eigenvalue weighted by Crippen LogP contribution is -1.97. The van der Waals surface area contributed by atoms with Gasteiger partial charge in [0.05, 0.1) is 0 Å². The predicted molar refractivity (Wildman–Crippen MR) is 247 cm³/mol. The molecule has 0 aliphatic carbocycles. The highest BCUT2D eigenvalue weighted by Gasteiger charge is 2.18. The maximum absolute atomic E-state index is 2.43. The SMILES string of the molecule is Cc1cc(-c2ccccc2)pc(-c2ccccc2)c1Cc1cccc(-c2cccc(Cc3c(-c4ccccc4)cc(-c4ccccc4)pc3-c3ccccc3)c2)c1. The standard InChI is InChI=1S/C55H42P2/c1-39-33-52(43-23-9-3-10-24-43)56-54(45-27-13-5-14-28-45)49(39)36-40-19-17-31-47(34-40)48-32-18-20-41(35-48)37-51-50(42-21-7-2-8-22-42)38-53(44-25-11-4-12-26-44)57-55(51)46-29-15-6-16-30-46/h2-35,38H,36-37H2,1H3. The fourth-order valence-corrected chi connectivity index (χ4v) is 10.6. The molecule has 0 saturated carbocycles. The van der Waals surface area contributed by atoms with Crippen LogP contribution in [0.5, 0.6) is 0 Å². The Hall–Kier alpha value is -6.16. The van der Waals surface area contributed by atoms with Crippen molar-refractivity contribution in [1.82, 2.24) is 0 Å². The van der Waals surface area contributed by atoms with Crippen molar-refractivity contribution in [1.29, 1.82) is 0 Å². The Bertz CT molecular complexity index is 2700. The summed E-state index contributed by atoms with van der Waals surface area (Å²) in [7, 11) is 2.47. The molecule has 0 amide bonds. The molecule has 9 aromatic rings. The van der Waals surface area contributed by atoms with Gasteiger partial charge in [0.1, 0.15) is 0 Å². The zero-order valence-corrected chi connectivity index (χ0v) is 33.8. The van der Waals surface area contributed by atoms with Gasteiger partial charge in [-0.25, -0.2) is 0 Å². The van der Waals surface area contributed by atoms with Gasteiger partial charge < -0.3 is 0 Å². The van der Waals surface area contributed by atoms with Gasteiger partial charge in [-0.2, -0.15) is 0 Å². The highest BCUT2D eigenvalue weighted by Crippen LogP contribution is 2.46. The van der Waals surface area contributed by atoms with Crippen molar-refractivity contribution in [2.24, 2.45) is 0 Å². The number of aryl methyl sites for hydroxylation is 1. The van der Waals surface area contributed by atoms with E-state index in [-0.39, 0.29) is 0 Å². The zero-order valence-electron chi connectivity index (χ0n) is 32.0. The van der Waals surface area contributed by atoms with Crippen molar-refractivity contribution in [2.45, 2.75) is 19.8 Å². The van der Waals surface area contributed by atoms with Crippen LogP contribution in [0.15, 0.2) is 212 Å². The summed E-state index contributed by atoms with van der Waals surface area (Å²) >= 11 is 0. The summed E-state index contributed by atoms with van der Waals surface area (Å²) in [4.78, 5) is 0. The molecule has 0 atom stereocenters. The average molecular weight is 765 g/mol. The van der Waals surface area contributed by atoms with Gasteiger partial charge >= 0.3 is 0 Å². The summed E-state index contributed by atoms with van der Waals surface area (Å²) in [6.07, 6.45) is 1.72. The fraction of sp³-hybridized carbons (Fsp3) is 0.0545. The Balaban J connectivity index is 1.09. The van der Waals surface area contributed by atoms with Crippen LogP contribution >= 0.6 is 16.4 Å². The molecule has 2 aromatic heterocycles. The smallest absolute Gasteiger partial charge is 0.0138 e. The van der Waals surface area contributed by atoms with Crippen LogP contribution < -0.4 is 0 Å². The van der Waals surface area contributed by atoms with E-state index in [4.69, 9.17) is 0 Å². The summed E-state index contributed by atoms with van der Waals surface area (Å²) in [5.74, 6) is 0. The maximum Gasteiger partial charge on any atom is 0.0138 e. The molecule has 0 aliphatic rings. The van der Waals surface area contributed by atoms with Crippen molar-refractivity contribution in [3.63, 3.8) is 0 Å². The number of rotatable bonds is 10. The van der Waals surface area contributed by atoms with Crippen LogP contribution in [0.2, 0.25) is 0 Å². The molecule has 0 unspecified atom stereocenters. The Morgan fingerprint density at radius 1 is 0.316 bits per heavy atom. The molecule has 0 spiro atoms. The van der Waals surface area contributed by atoms with E-state index in [0.717, 1.165) is 12.8 Å². The monoisotopic (exact) mass is 764 g/mol. The second-order valence-corrected chi connectivity index (χ2v) is 16.9. The van der Waals surface area contributed by atoms with Gasteiger partial charge in [-0.15, -0.1) is 0 Å². The van der Waals surface area contributed by atoms with Gasteiger partial charge in [-0.05, 0) is 104 Å². The molecule has 2 heteroatoms. The average Bonchev–Trinajstić information content (AvgIpc) is 3.28. The van der Waals surface area contributed by atoms with Crippen LogP contribution in [-0.2, 0) is 12.8 Å². The molecule has 0 nitrogen and oxygen atoms in total. The zero-order chi connectivity index (χ0) is 38.4. The maximum atomic E-state index is 2.43. The number of benzene rings is 7. The number of hydrogen-bond donors (Lipinski definition) is 0. The topological polar surface area (TPSA) is 0 Å². The van der Waals surface area contributed by atoms with Gasteiger partial charge in [0, 0.05) is 21.2 Å². The summed E-state index contributed by atoms with van der Waals surface area (Å²) in [6, 6.07) is 77.7. The molecule has 0 radical (unpaired) electrons. The molecule has 272 valence electrons. The molecule has 7 aromatic carbocycles. The van der Waals surface area contributed by atoms with Crippen molar-refractivity contribution >= 4 is 16.4 Å². The Kier molecular flexibility index (Phi) is 10.8. The molecule has 0 bridgehead atoms. The third-order valence-electron chi connectivity index (χ3n) is 10.7. The summed E-state index contributed by atoms with van der Waals surface area (Å²) < 4.78 is 0. The molecular weight excluding hydrogens is 723 g/mol. The van der Waals surface area contributed by atoms with Gasteiger partial charge in [0.2, 0.25) is 0 Å². The Labute approximate surface area is 340 Å². The van der Waals surface area contributed by atoms with E-state index in [1.807, 2.05) is 0 Å². The first-order valence-electron chi connectivity index (χ1n) is 19.7. The van der Waals surface area contributed by atoms with Crippen LogP contribution in [0.4, 0.5) is 0 Å². The molecule has 0 fully saturated rings. The minimum atomic E-state index is 0.837. The number of hydrogen-bond acceptors (Lipinski definition) is 0. The minimum Gasteiger partial charge on any atom is -0.0622 e. The first kappa shape index (κ1) is 36.5. The third kappa shape index (κ3) is 8.21. The van der Waals surface area contributed by atoms with Crippen molar-refractivity contribution in [3.8, 4) is 65.7 Å². The van der Waals surface area contributed by atoms with Crippen LogP contribution in [-0.4, -0.2) is 0 Å². The molecule has 0 aliphatic heterocycles. The molecular formula is C55H42P2. The highest BCUT2D eigenvalue weighted by molar-refractivity contribution is 7.38. The second-order valence-electron chi connectivity index (χ2n) is 14.6. The van der Waals surface area contributed by atoms with E-state index in [2.05, 4.69) is 219 Å². The second kappa shape index (κ2) is 16.9. The van der Waals surface area contributed by atoms with Gasteiger partial charge in [0.25, 0.3) is 0 Å². The lowest BCUT2D eigenvalue weighted by molar-refractivity contribution is 1.17. The van der Waals surface area contributed by atoms with Crippen molar-refractivity contribution in [3.05, 3.63) is 240 Å². The molecule has 9 rings (SSSR count). The summed E-state index contributed by atoms with van der Waals surface area (Å²) in [6.45, 7) is 2.28. The Morgan fingerprint density at radius 3 is 1.16 bits per heavy atom. The molecule has 0 N–H and O–H groups in total. The minimum absolute atomic E-state index is 0.837. The normalized spacial score (nSPS) is 11.3. The van der Waals surface area contributed by atoms with Gasteiger partial charge in [-0.1, -0.05) is 217 Å². The predicted octanol–water partition coefficient (Wildman–Crippen LogP) is 16.3. The van der Waals surface area contributed by atoms with E-state index in [0.29, 0.717) is 0 Å². The molecule has 57 heavy (non-hydrogen) atoms. The lowest BCUT2D eigenvalue weighted by Gasteiger charge is -2.19. The van der Waals surface area contributed by atoms with Crippen LogP contribution in [0.25, 0.3) is 65.7 Å². The highest BCUT2D eigenvalue weighted by atomic mass is 31.0. The largest absolute Gasteiger partial charge is 0.0622 e. The van der Waals surface area contributed by atoms with E-state index < -0.39 is 0 Å². The van der Waals surface area contributed by atoms with E-state index in [1.54, 1.807) is 0 Å². The first-order chi connectivity index (χ1) is 28.2. The fourth-order valence-electron chi connectivity index (χ4n) is 7.86.